The zero-order valence-corrected chi connectivity index (χ0v) is 14.4. The van der Waals surface area contributed by atoms with E-state index < -0.39 is 10.0 Å². The monoisotopic (exact) mass is 377 g/mol. The molecule has 1 aliphatic carbocycles. The Labute approximate surface area is 134 Å². The van der Waals surface area contributed by atoms with Crippen molar-refractivity contribution in [3.63, 3.8) is 0 Å². The molecule has 0 saturated heterocycles. The van der Waals surface area contributed by atoms with Crippen molar-refractivity contribution in [1.29, 1.82) is 0 Å². The Morgan fingerprint density at radius 1 is 1.38 bits per heavy atom. The summed E-state index contributed by atoms with van der Waals surface area (Å²) in [5, 5.41) is 0. The number of hydrogen-bond acceptors (Lipinski definition) is 4. The molecule has 1 saturated carbocycles. The summed E-state index contributed by atoms with van der Waals surface area (Å²) in [4.78, 5) is 0.217. The highest BCUT2D eigenvalue weighted by Crippen LogP contribution is 2.29. The summed E-state index contributed by atoms with van der Waals surface area (Å²) >= 11 is 3.28. The van der Waals surface area contributed by atoms with E-state index in [9.17, 15) is 8.42 Å². The second kappa shape index (κ2) is 7.58. The van der Waals surface area contributed by atoms with Gasteiger partial charge in [0.2, 0.25) is 10.0 Å². The summed E-state index contributed by atoms with van der Waals surface area (Å²) in [5.74, 6) is 1.33. The van der Waals surface area contributed by atoms with E-state index in [1.165, 1.54) is 32.1 Å². The topological polar surface area (TPSA) is 64.6 Å². The van der Waals surface area contributed by atoms with Crippen LogP contribution >= 0.6 is 15.9 Å². The standard InChI is InChI=1S/C14H20BrNO4S/c1-19-14-6-5-12(9-13(14)15)21(17,18)16-7-2-8-20-10-11-3-4-11/h5-6,9,11,16H,2-4,7-8,10H2,1H3. The summed E-state index contributed by atoms with van der Waals surface area (Å²) in [6.07, 6.45) is 3.20. The van der Waals surface area contributed by atoms with Gasteiger partial charge in [-0.05, 0) is 59.3 Å². The third-order valence-electron chi connectivity index (χ3n) is 3.24. The van der Waals surface area contributed by atoms with Crippen molar-refractivity contribution < 1.29 is 17.9 Å². The van der Waals surface area contributed by atoms with E-state index in [2.05, 4.69) is 20.7 Å². The van der Waals surface area contributed by atoms with Crippen LogP contribution in [0.2, 0.25) is 0 Å². The summed E-state index contributed by atoms with van der Waals surface area (Å²) in [6.45, 7) is 1.76. The number of halogens is 1. The average molecular weight is 378 g/mol. The van der Waals surface area contributed by atoms with Gasteiger partial charge in [-0.15, -0.1) is 0 Å². The van der Waals surface area contributed by atoms with Crippen LogP contribution in [0.5, 0.6) is 5.75 Å². The average Bonchev–Trinajstić information content (AvgIpc) is 3.26. The van der Waals surface area contributed by atoms with Crippen LogP contribution in [0.4, 0.5) is 0 Å². The Hall–Kier alpha value is -0.630. The number of hydrogen-bond donors (Lipinski definition) is 1. The molecule has 1 aromatic rings. The molecule has 1 fully saturated rings. The van der Waals surface area contributed by atoms with Gasteiger partial charge >= 0.3 is 0 Å². The molecule has 1 aliphatic rings. The molecule has 1 N–H and O–H groups in total. The van der Waals surface area contributed by atoms with E-state index in [-0.39, 0.29) is 4.90 Å². The summed E-state index contributed by atoms with van der Waals surface area (Å²) < 4.78 is 38.0. The van der Waals surface area contributed by atoms with Crippen LogP contribution in [0, 0.1) is 5.92 Å². The number of benzene rings is 1. The molecule has 0 aliphatic heterocycles. The molecular formula is C14H20BrNO4S. The highest BCUT2D eigenvalue weighted by atomic mass is 79.9. The molecule has 21 heavy (non-hydrogen) atoms. The third kappa shape index (κ3) is 5.25. The molecule has 0 aromatic heterocycles. The van der Waals surface area contributed by atoms with Crippen LogP contribution in [0.1, 0.15) is 19.3 Å². The van der Waals surface area contributed by atoms with Crippen molar-refractivity contribution in [3.05, 3.63) is 22.7 Å². The molecule has 5 nitrogen and oxygen atoms in total. The Morgan fingerprint density at radius 3 is 2.76 bits per heavy atom. The number of ether oxygens (including phenoxy) is 2. The second-order valence-corrected chi connectivity index (χ2v) is 7.69. The maximum absolute atomic E-state index is 12.1. The first-order valence-corrected chi connectivity index (χ1v) is 9.21. The normalized spacial score (nSPS) is 15.1. The van der Waals surface area contributed by atoms with E-state index in [0.29, 0.717) is 29.8 Å². The second-order valence-electron chi connectivity index (χ2n) is 5.07. The minimum Gasteiger partial charge on any atom is -0.496 e. The Kier molecular flexibility index (Phi) is 6.04. The van der Waals surface area contributed by atoms with Crippen molar-refractivity contribution in [3.8, 4) is 5.75 Å². The highest BCUT2D eigenvalue weighted by Gasteiger charge is 2.21. The van der Waals surface area contributed by atoms with E-state index in [0.717, 1.165) is 12.5 Å². The van der Waals surface area contributed by atoms with Crippen molar-refractivity contribution in [2.75, 3.05) is 26.9 Å². The van der Waals surface area contributed by atoms with Gasteiger partial charge in [-0.1, -0.05) is 0 Å². The van der Waals surface area contributed by atoms with Gasteiger partial charge in [0.05, 0.1) is 16.5 Å². The van der Waals surface area contributed by atoms with E-state index in [1.807, 2.05) is 0 Å². The fraction of sp³-hybridized carbons (Fsp3) is 0.571. The third-order valence-corrected chi connectivity index (χ3v) is 5.32. The number of nitrogens with one attached hydrogen (secondary N) is 1. The zero-order chi connectivity index (χ0) is 15.3. The minimum atomic E-state index is -3.49. The lowest BCUT2D eigenvalue weighted by Gasteiger charge is -2.09. The Bertz CT molecular complexity index is 572. The largest absolute Gasteiger partial charge is 0.496 e. The molecule has 0 atom stereocenters. The predicted octanol–water partition coefficient (Wildman–Crippen LogP) is 2.55. The lowest BCUT2D eigenvalue weighted by molar-refractivity contribution is 0.123. The molecule has 0 bridgehead atoms. The van der Waals surface area contributed by atoms with E-state index >= 15 is 0 Å². The molecule has 0 amide bonds. The Balaban J connectivity index is 1.78. The maximum atomic E-state index is 12.1. The van der Waals surface area contributed by atoms with Gasteiger partial charge in [0, 0.05) is 19.8 Å². The van der Waals surface area contributed by atoms with Gasteiger partial charge in [-0.3, -0.25) is 0 Å². The van der Waals surface area contributed by atoms with Crippen molar-refractivity contribution in [2.24, 2.45) is 5.92 Å². The molecule has 0 radical (unpaired) electrons. The van der Waals surface area contributed by atoms with Crippen molar-refractivity contribution in [1.82, 2.24) is 4.72 Å². The van der Waals surface area contributed by atoms with Gasteiger partial charge in [-0.25, -0.2) is 13.1 Å². The summed E-state index contributed by atoms with van der Waals surface area (Å²) in [6, 6.07) is 4.68. The molecular weight excluding hydrogens is 358 g/mol. The first-order chi connectivity index (χ1) is 10.0. The molecule has 1 aromatic carbocycles. The molecule has 0 unspecified atom stereocenters. The van der Waals surface area contributed by atoms with Crippen molar-refractivity contribution >= 4 is 26.0 Å². The first-order valence-electron chi connectivity index (χ1n) is 6.94. The van der Waals surface area contributed by atoms with Gasteiger partial charge in [0.15, 0.2) is 0 Å². The fourth-order valence-corrected chi connectivity index (χ4v) is 3.60. The van der Waals surface area contributed by atoms with E-state index in [4.69, 9.17) is 9.47 Å². The SMILES string of the molecule is COc1ccc(S(=O)(=O)NCCCOCC2CC2)cc1Br. The molecule has 2 rings (SSSR count). The zero-order valence-electron chi connectivity index (χ0n) is 12.0. The van der Waals surface area contributed by atoms with Crippen LogP contribution < -0.4 is 9.46 Å². The van der Waals surface area contributed by atoms with E-state index in [1.54, 1.807) is 6.07 Å². The first kappa shape index (κ1) is 16.7. The predicted molar refractivity (Wildman–Crippen MR) is 84.0 cm³/mol. The molecule has 7 heteroatoms. The number of rotatable bonds is 9. The van der Waals surface area contributed by atoms with Gasteiger partial charge in [0.25, 0.3) is 0 Å². The van der Waals surface area contributed by atoms with Crippen molar-refractivity contribution in [2.45, 2.75) is 24.2 Å². The maximum Gasteiger partial charge on any atom is 0.240 e. The highest BCUT2D eigenvalue weighted by molar-refractivity contribution is 9.10. The van der Waals surface area contributed by atoms with Gasteiger partial charge in [-0.2, -0.15) is 0 Å². The van der Waals surface area contributed by atoms with Crippen LogP contribution in [0.3, 0.4) is 0 Å². The van der Waals surface area contributed by atoms with Gasteiger partial charge in [0.1, 0.15) is 5.75 Å². The van der Waals surface area contributed by atoms with Gasteiger partial charge < -0.3 is 9.47 Å². The van der Waals surface area contributed by atoms with Crippen LogP contribution in [-0.2, 0) is 14.8 Å². The summed E-state index contributed by atoms with van der Waals surface area (Å²) in [7, 11) is -1.95. The lowest BCUT2D eigenvalue weighted by Crippen LogP contribution is -2.25. The van der Waals surface area contributed by atoms with Crippen LogP contribution in [0.15, 0.2) is 27.6 Å². The fourth-order valence-electron chi connectivity index (χ4n) is 1.81. The molecule has 0 heterocycles. The quantitative estimate of drug-likeness (QED) is 0.671. The minimum absolute atomic E-state index is 0.217. The van der Waals surface area contributed by atoms with Crippen LogP contribution in [-0.4, -0.2) is 35.3 Å². The molecule has 118 valence electrons. The summed E-state index contributed by atoms with van der Waals surface area (Å²) in [5.41, 5.74) is 0. The number of methoxy groups -OCH3 is 1. The smallest absolute Gasteiger partial charge is 0.240 e. The number of sulfonamides is 1. The van der Waals surface area contributed by atoms with Crippen LogP contribution in [0.25, 0.3) is 0 Å². The Morgan fingerprint density at radius 2 is 2.14 bits per heavy atom. The molecule has 0 spiro atoms. The lowest BCUT2D eigenvalue weighted by atomic mass is 10.3.